The number of ether oxygens (including phenoxy) is 2. The third-order valence-corrected chi connectivity index (χ3v) is 2.82. The van der Waals surface area contributed by atoms with E-state index in [1.165, 1.54) is 11.3 Å². The SMILES string of the molecule is COC(OC)C(C)NCc1cnn(C)c1C. The molecule has 0 aliphatic rings. The highest BCUT2D eigenvalue weighted by molar-refractivity contribution is 5.15. The molecule has 0 fully saturated rings. The first-order chi connectivity index (χ1) is 7.60. The van der Waals surface area contributed by atoms with Crippen molar-refractivity contribution >= 4 is 0 Å². The molecule has 5 nitrogen and oxygen atoms in total. The van der Waals surface area contributed by atoms with Crippen LogP contribution in [0.25, 0.3) is 0 Å². The van der Waals surface area contributed by atoms with Gasteiger partial charge in [-0.05, 0) is 13.8 Å². The van der Waals surface area contributed by atoms with Crippen LogP contribution in [-0.2, 0) is 23.1 Å². The van der Waals surface area contributed by atoms with Gasteiger partial charge in [0.05, 0.1) is 12.2 Å². The lowest BCUT2D eigenvalue weighted by Crippen LogP contribution is -2.39. The van der Waals surface area contributed by atoms with Gasteiger partial charge in [0.15, 0.2) is 6.29 Å². The lowest BCUT2D eigenvalue weighted by Gasteiger charge is -2.22. The third kappa shape index (κ3) is 3.04. The van der Waals surface area contributed by atoms with Crippen LogP contribution in [0.3, 0.4) is 0 Å². The van der Waals surface area contributed by atoms with E-state index in [2.05, 4.69) is 17.3 Å². The first kappa shape index (κ1) is 13.2. The van der Waals surface area contributed by atoms with Gasteiger partial charge < -0.3 is 14.8 Å². The van der Waals surface area contributed by atoms with E-state index in [9.17, 15) is 0 Å². The van der Waals surface area contributed by atoms with Gasteiger partial charge in [0.2, 0.25) is 0 Å². The minimum absolute atomic E-state index is 0.134. The van der Waals surface area contributed by atoms with Crippen molar-refractivity contribution in [2.45, 2.75) is 32.7 Å². The van der Waals surface area contributed by atoms with Crippen molar-refractivity contribution < 1.29 is 9.47 Å². The fourth-order valence-electron chi connectivity index (χ4n) is 1.59. The summed E-state index contributed by atoms with van der Waals surface area (Å²) >= 11 is 0. The largest absolute Gasteiger partial charge is 0.354 e. The molecule has 1 aromatic rings. The molecule has 0 aliphatic heterocycles. The normalized spacial score (nSPS) is 13.4. The van der Waals surface area contributed by atoms with Gasteiger partial charge in [-0.15, -0.1) is 0 Å². The zero-order valence-electron chi connectivity index (χ0n) is 10.7. The standard InChI is InChI=1S/C11H21N3O2/c1-8(11(15-4)16-5)12-6-10-7-13-14(3)9(10)2/h7-8,11-12H,6H2,1-5H3. The molecule has 0 spiro atoms. The summed E-state index contributed by atoms with van der Waals surface area (Å²) in [5.74, 6) is 0. The highest BCUT2D eigenvalue weighted by Gasteiger charge is 2.15. The van der Waals surface area contributed by atoms with Gasteiger partial charge in [-0.2, -0.15) is 5.10 Å². The smallest absolute Gasteiger partial charge is 0.171 e. The quantitative estimate of drug-likeness (QED) is 0.731. The van der Waals surface area contributed by atoms with Crippen molar-refractivity contribution in [2.75, 3.05) is 14.2 Å². The monoisotopic (exact) mass is 227 g/mol. The van der Waals surface area contributed by atoms with Crippen molar-refractivity contribution in [2.24, 2.45) is 7.05 Å². The Balaban J connectivity index is 2.48. The Morgan fingerprint density at radius 2 is 2.06 bits per heavy atom. The molecule has 1 unspecified atom stereocenters. The molecule has 1 N–H and O–H groups in total. The predicted octanol–water partition coefficient (Wildman–Crippen LogP) is 0.826. The molecule has 5 heteroatoms. The predicted molar refractivity (Wildman–Crippen MR) is 62.1 cm³/mol. The number of methoxy groups -OCH3 is 2. The van der Waals surface area contributed by atoms with Crippen LogP contribution in [-0.4, -0.2) is 36.3 Å². The maximum Gasteiger partial charge on any atom is 0.171 e. The van der Waals surface area contributed by atoms with E-state index in [4.69, 9.17) is 9.47 Å². The summed E-state index contributed by atoms with van der Waals surface area (Å²) in [4.78, 5) is 0. The van der Waals surface area contributed by atoms with E-state index in [0.29, 0.717) is 0 Å². The van der Waals surface area contributed by atoms with Crippen molar-refractivity contribution in [3.05, 3.63) is 17.5 Å². The van der Waals surface area contributed by atoms with Crippen molar-refractivity contribution in [3.63, 3.8) is 0 Å². The van der Waals surface area contributed by atoms with E-state index in [1.54, 1.807) is 14.2 Å². The molecule has 16 heavy (non-hydrogen) atoms. The Hall–Kier alpha value is -0.910. The van der Waals surface area contributed by atoms with E-state index in [1.807, 2.05) is 24.9 Å². The molecule has 0 aliphatic carbocycles. The molecular formula is C11H21N3O2. The van der Waals surface area contributed by atoms with Crippen LogP contribution in [0.2, 0.25) is 0 Å². The van der Waals surface area contributed by atoms with Crippen LogP contribution in [0.15, 0.2) is 6.20 Å². The fraction of sp³-hybridized carbons (Fsp3) is 0.727. The van der Waals surface area contributed by atoms with Gasteiger partial charge in [-0.1, -0.05) is 0 Å². The Morgan fingerprint density at radius 1 is 1.44 bits per heavy atom. The van der Waals surface area contributed by atoms with Gasteiger partial charge in [-0.25, -0.2) is 0 Å². The Morgan fingerprint density at radius 3 is 2.50 bits per heavy atom. The number of hydrogen-bond acceptors (Lipinski definition) is 4. The average molecular weight is 227 g/mol. The maximum absolute atomic E-state index is 5.18. The summed E-state index contributed by atoms with van der Waals surface area (Å²) in [7, 11) is 5.22. The van der Waals surface area contributed by atoms with E-state index < -0.39 is 0 Å². The van der Waals surface area contributed by atoms with Gasteiger partial charge in [0.1, 0.15) is 0 Å². The molecule has 0 bridgehead atoms. The molecular weight excluding hydrogens is 206 g/mol. The van der Waals surface area contributed by atoms with Crippen LogP contribution in [0, 0.1) is 6.92 Å². The summed E-state index contributed by atoms with van der Waals surface area (Å²) in [5, 5.41) is 7.55. The van der Waals surface area contributed by atoms with Gasteiger partial charge in [0.25, 0.3) is 0 Å². The molecule has 1 atom stereocenters. The van der Waals surface area contributed by atoms with Gasteiger partial charge in [-0.3, -0.25) is 4.68 Å². The molecule has 0 radical (unpaired) electrons. The van der Waals surface area contributed by atoms with E-state index in [-0.39, 0.29) is 12.3 Å². The summed E-state index contributed by atoms with van der Waals surface area (Å²) < 4.78 is 12.2. The molecule has 1 rings (SSSR count). The third-order valence-electron chi connectivity index (χ3n) is 2.82. The Labute approximate surface area is 96.7 Å². The number of aromatic nitrogens is 2. The number of nitrogens with one attached hydrogen (secondary N) is 1. The molecule has 92 valence electrons. The maximum atomic E-state index is 5.18. The number of aryl methyl sites for hydroxylation is 1. The van der Waals surface area contributed by atoms with E-state index >= 15 is 0 Å². The summed E-state index contributed by atoms with van der Waals surface area (Å²) in [6.07, 6.45) is 1.65. The average Bonchev–Trinajstić information content (AvgIpc) is 2.59. The second kappa shape index (κ2) is 5.98. The van der Waals surface area contributed by atoms with Crippen LogP contribution in [0.5, 0.6) is 0 Å². The van der Waals surface area contributed by atoms with Gasteiger partial charge >= 0.3 is 0 Å². The first-order valence-corrected chi connectivity index (χ1v) is 5.36. The number of nitrogens with zero attached hydrogens (tertiary/aromatic N) is 2. The molecule has 1 heterocycles. The summed E-state index contributed by atoms with van der Waals surface area (Å²) in [6.45, 7) is 4.85. The summed E-state index contributed by atoms with van der Waals surface area (Å²) in [6, 6.07) is 0.134. The lowest BCUT2D eigenvalue weighted by molar-refractivity contribution is -0.119. The molecule has 1 aromatic heterocycles. The Bertz CT molecular complexity index is 321. The summed E-state index contributed by atoms with van der Waals surface area (Å²) in [5.41, 5.74) is 2.37. The van der Waals surface area contributed by atoms with Crippen molar-refractivity contribution in [3.8, 4) is 0 Å². The van der Waals surface area contributed by atoms with Gasteiger partial charge in [0, 0.05) is 39.1 Å². The molecule has 0 saturated heterocycles. The highest BCUT2D eigenvalue weighted by atomic mass is 16.7. The minimum atomic E-state index is -0.225. The van der Waals surface area contributed by atoms with Crippen LogP contribution in [0.4, 0.5) is 0 Å². The Kier molecular flexibility index (Phi) is 4.92. The van der Waals surface area contributed by atoms with E-state index in [0.717, 1.165) is 6.54 Å². The van der Waals surface area contributed by atoms with Crippen molar-refractivity contribution in [1.29, 1.82) is 0 Å². The van der Waals surface area contributed by atoms with Crippen molar-refractivity contribution in [1.82, 2.24) is 15.1 Å². The topological polar surface area (TPSA) is 48.3 Å². The highest BCUT2D eigenvalue weighted by Crippen LogP contribution is 2.06. The molecule has 0 saturated carbocycles. The first-order valence-electron chi connectivity index (χ1n) is 5.36. The second-order valence-electron chi connectivity index (χ2n) is 3.89. The number of rotatable bonds is 6. The fourth-order valence-corrected chi connectivity index (χ4v) is 1.59. The lowest BCUT2D eigenvalue weighted by atomic mass is 10.2. The van der Waals surface area contributed by atoms with Crippen LogP contribution in [0.1, 0.15) is 18.2 Å². The van der Waals surface area contributed by atoms with Crippen LogP contribution < -0.4 is 5.32 Å². The minimum Gasteiger partial charge on any atom is -0.354 e. The zero-order valence-corrected chi connectivity index (χ0v) is 10.7. The number of hydrogen-bond donors (Lipinski definition) is 1. The zero-order chi connectivity index (χ0) is 12.1. The molecule has 0 aromatic carbocycles. The molecule has 0 amide bonds. The van der Waals surface area contributed by atoms with Crippen LogP contribution >= 0.6 is 0 Å². The second-order valence-corrected chi connectivity index (χ2v) is 3.89.